The number of hydrogen-bond donors (Lipinski definition) is 1. The number of rotatable bonds is 6. The Kier molecular flexibility index (Phi) is 5.25. The van der Waals surface area contributed by atoms with Crippen molar-refractivity contribution in [1.82, 2.24) is 4.90 Å². The van der Waals surface area contributed by atoms with Crippen LogP contribution in [0, 0.1) is 0 Å². The van der Waals surface area contributed by atoms with Gasteiger partial charge in [0.05, 0.1) is 13.7 Å². The van der Waals surface area contributed by atoms with Gasteiger partial charge >= 0.3 is 0 Å². The first kappa shape index (κ1) is 13.8. The molecule has 1 aromatic rings. The Balaban J connectivity index is 2.73. The largest absolute Gasteiger partial charge is 0.497 e. The van der Waals surface area contributed by atoms with Gasteiger partial charge in [-0.25, -0.2) is 0 Å². The zero-order valence-electron chi connectivity index (χ0n) is 11.1. The van der Waals surface area contributed by atoms with Crippen LogP contribution in [-0.2, 0) is 11.3 Å². The van der Waals surface area contributed by atoms with Crippen LogP contribution in [0.2, 0.25) is 0 Å². The Morgan fingerprint density at radius 2 is 2.06 bits per heavy atom. The number of methoxy groups -OCH3 is 2. The Morgan fingerprint density at radius 1 is 1.35 bits per heavy atom. The van der Waals surface area contributed by atoms with E-state index in [2.05, 4.69) is 18.9 Å². The highest BCUT2D eigenvalue weighted by Gasteiger charge is 2.11. The standard InChI is InChI=1S/C13H22N2O2/c1-10(9-16-3)15(2)8-11-7-12(17-4)5-6-13(11)14/h5-7,10H,8-9,14H2,1-4H3. The molecule has 0 aromatic heterocycles. The molecule has 0 heterocycles. The molecule has 2 N–H and O–H groups in total. The average Bonchev–Trinajstić information content (AvgIpc) is 2.32. The van der Waals surface area contributed by atoms with E-state index >= 15 is 0 Å². The van der Waals surface area contributed by atoms with Crippen LogP contribution in [0.1, 0.15) is 12.5 Å². The molecule has 4 heteroatoms. The first-order chi connectivity index (χ1) is 8.08. The number of nitrogens with zero attached hydrogens (tertiary/aromatic N) is 1. The molecular formula is C13H22N2O2. The number of anilines is 1. The maximum Gasteiger partial charge on any atom is 0.119 e. The summed E-state index contributed by atoms with van der Waals surface area (Å²) < 4.78 is 10.3. The van der Waals surface area contributed by atoms with Gasteiger partial charge in [-0.3, -0.25) is 4.90 Å². The maximum absolute atomic E-state index is 5.95. The summed E-state index contributed by atoms with van der Waals surface area (Å²) in [6, 6.07) is 6.08. The summed E-state index contributed by atoms with van der Waals surface area (Å²) in [5.41, 5.74) is 7.83. The Hall–Kier alpha value is -1.26. The SMILES string of the molecule is COCC(C)N(C)Cc1cc(OC)ccc1N. The zero-order valence-corrected chi connectivity index (χ0v) is 11.1. The van der Waals surface area contributed by atoms with Gasteiger partial charge in [-0.15, -0.1) is 0 Å². The highest BCUT2D eigenvalue weighted by atomic mass is 16.5. The highest BCUT2D eigenvalue weighted by Crippen LogP contribution is 2.21. The monoisotopic (exact) mass is 238 g/mol. The number of nitrogens with two attached hydrogens (primary N) is 1. The minimum absolute atomic E-state index is 0.352. The molecule has 0 saturated heterocycles. The molecule has 1 unspecified atom stereocenters. The van der Waals surface area contributed by atoms with Gasteiger partial charge in [-0.2, -0.15) is 0 Å². The lowest BCUT2D eigenvalue weighted by Gasteiger charge is -2.24. The molecule has 1 aromatic carbocycles. The normalized spacial score (nSPS) is 12.8. The molecule has 4 nitrogen and oxygen atoms in total. The molecule has 0 saturated carbocycles. The number of benzene rings is 1. The molecule has 17 heavy (non-hydrogen) atoms. The molecule has 0 amide bonds. The van der Waals surface area contributed by atoms with E-state index in [0.717, 1.165) is 23.5 Å². The minimum Gasteiger partial charge on any atom is -0.497 e. The molecule has 1 atom stereocenters. The van der Waals surface area contributed by atoms with Gasteiger partial charge in [0.15, 0.2) is 0 Å². The van der Waals surface area contributed by atoms with Crippen LogP contribution in [-0.4, -0.2) is 38.8 Å². The van der Waals surface area contributed by atoms with Crippen molar-refractivity contribution < 1.29 is 9.47 Å². The number of hydrogen-bond acceptors (Lipinski definition) is 4. The second-order valence-corrected chi connectivity index (χ2v) is 4.28. The number of ether oxygens (including phenoxy) is 2. The van der Waals surface area contributed by atoms with Gasteiger partial charge < -0.3 is 15.2 Å². The molecule has 0 aliphatic rings. The van der Waals surface area contributed by atoms with E-state index in [1.807, 2.05) is 18.2 Å². The fourth-order valence-corrected chi connectivity index (χ4v) is 1.64. The van der Waals surface area contributed by atoms with Gasteiger partial charge in [-0.05, 0) is 37.7 Å². The molecule has 0 bridgehead atoms. The molecular weight excluding hydrogens is 216 g/mol. The number of nitrogen functional groups attached to an aromatic ring is 1. The van der Waals surface area contributed by atoms with Crippen molar-refractivity contribution in [2.45, 2.75) is 19.5 Å². The van der Waals surface area contributed by atoms with Crippen molar-refractivity contribution in [2.24, 2.45) is 0 Å². The van der Waals surface area contributed by atoms with Crippen molar-refractivity contribution in [1.29, 1.82) is 0 Å². The van der Waals surface area contributed by atoms with E-state index < -0.39 is 0 Å². The third-order valence-corrected chi connectivity index (χ3v) is 2.93. The van der Waals surface area contributed by atoms with Crippen LogP contribution >= 0.6 is 0 Å². The van der Waals surface area contributed by atoms with Gasteiger partial charge in [0.1, 0.15) is 5.75 Å². The van der Waals surface area contributed by atoms with E-state index in [-0.39, 0.29) is 0 Å². The quantitative estimate of drug-likeness (QED) is 0.767. The topological polar surface area (TPSA) is 47.7 Å². The average molecular weight is 238 g/mol. The van der Waals surface area contributed by atoms with E-state index in [9.17, 15) is 0 Å². The first-order valence-electron chi connectivity index (χ1n) is 5.70. The molecule has 0 spiro atoms. The molecule has 96 valence electrons. The van der Waals surface area contributed by atoms with Crippen LogP contribution in [0.5, 0.6) is 5.75 Å². The van der Waals surface area contributed by atoms with Crippen LogP contribution in [0.3, 0.4) is 0 Å². The Morgan fingerprint density at radius 3 is 2.65 bits per heavy atom. The van der Waals surface area contributed by atoms with Crippen LogP contribution < -0.4 is 10.5 Å². The summed E-state index contributed by atoms with van der Waals surface area (Å²) in [6.45, 7) is 3.62. The van der Waals surface area contributed by atoms with Crippen molar-refractivity contribution in [3.63, 3.8) is 0 Å². The molecule has 1 rings (SSSR count). The van der Waals surface area contributed by atoms with Crippen molar-refractivity contribution in [3.05, 3.63) is 23.8 Å². The summed E-state index contributed by atoms with van der Waals surface area (Å²) in [7, 11) is 5.43. The first-order valence-corrected chi connectivity index (χ1v) is 5.70. The van der Waals surface area contributed by atoms with Gasteiger partial charge in [0, 0.05) is 25.4 Å². The smallest absolute Gasteiger partial charge is 0.119 e. The van der Waals surface area contributed by atoms with Crippen molar-refractivity contribution >= 4 is 5.69 Å². The van der Waals surface area contributed by atoms with Gasteiger partial charge in [0.25, 0.3) is 0 Å². The third-order valence-electron chi connectivity index (χ3n) is 2.93. The summed E-state index contributed by atoms with van der Waals surface area (Å²) >= 11 is 0. The molecule has 0 radical (unpaired) electrons. The lowest BCUT2D eigenvalue weighted by molar-refractivity contribution is 0.112. The van der Waals surface area contributed by atoms with Crippen LogP contribution in [0.25, 0.3) is 0 Å². The Bertz CT molecular complexity index is 355. The van der Waals surface area contributed by atoms with Crippen LogP contribution in [0.4, 0.5) is 5.69 Å². The predicted octanol–water partition coefficient (Wildman–Crippen LogP) is 1.74. The van der Waals surface area contributed by atoms with E-state index in [1.165, 1.54) is 0 Å². The molecule has 0 aliphatic heterocycles. The summed E-state index contributed by atoms with van der Waals surface area (Å²) in [5.74, 6) is 0.835. The second-order valence-electron chi connectivity index (χ2n) is 4.28. The minimum atomic E-state index is 0.352. The molecule has 0 aliphatic carbocycles. The molecule has 0 fully saturated rings. The highest BCUT2D eigenvalue weighted by molar-refractivity contribution is 5.50. The van der Waals surface area contributed by atoms with E-state index in [0.29, 0.717) is 12.6 Å². The predicted molar refractivity (Wildman–Crippen MR) is 70.2 cm³/mol. The third kappa shape index (κ3) is 3.91. The summed E-state index contributed by atoms with van der Waals surface area (Å²) in [4.78, 5) is 2.20. The summed E-state index contributed by atoms with van der Waals surface area (Å²) in [5, 5.41) is 0. The lowest BCUT2D eigenvalue weighted by Crippen LogP contribution is -2.32. The van der Waals surface area contributed by atoms with Crippen molar-refractivity contribution in [2.75, 3.05) is 33.6 Å². The van der Waals surface area contributed by atoms with E-state index in [4.69, 9.17) is 15.2 Å². The lowest BCUT2D eigenvalue weighted by atomic mass is 10.1. The zero-order chi connectivity index (χ0) is 12.8. The van der Waals surface area contributed by atoms with Crippen molar-refractivity contribution in [3.8, 4) is 5.75 Å². The fourth-order valence-electron chi connectivity index (χ4n) is 1.64. The van der Waals surface area contributed by atoms with Gasteiger partial charge in [-0.1, -0.05) is 0 Å². The maximum atomic E-state index is 5.95. The van der Waals surface area contributed by atoms with Gasteiger partial charge in [0.2, 0.25) is 0 Å². The number of likely N-dealkylation sites (N-methyl/N-ethyl adjacent to an activating group) is 1. The van der Waals surface area contributed by atoms with E-state index in [1.54, 1.807) is 14.2 Å². The van der Waals surface area contributed by atoms with Crippen LogP contribution in [0.15, 0.2) is 18.2 Å². The summed E-state index contributed by atoms with van der Waals surface area (Å²) in [6.07, 6.45) is 0. The fraction of sp³-hybridized carbons (Fsp3) is 0.538. The Labute approximate surface area is 103 Å². The second kappa shape index (κ2) is 6.47.